The molecule has 2 aromatic rings. The first kappa shape index (κ1) is 31.1. The number of piperidine rings is 1. The summed E-state index contributed by atoms with van der Waals surface area (Å²) in [7, 11) is -1.30. The van der Waals surface area contributed by atoms with E-state index >= 15 is 0 Å². The molecule has 38 heavy (non-hydrogen) atoms. The molecule has 2 heterocycles. The zero-order chi connectivity index (χ0) is 28.4. The minimum atomic E-state index is -1.30. The molecule has 0 aliphatic carbocycles. The van der Waals surface area contributed by atoms with Crippen LogP contribution in [0.25, 0.3) is 17.3 Å². The first-order chi connectivity index (χ1) is 18.1. The molecule has 2 amide bonds. The Bertz CT molecular complexity index is 1160. The average molecular weight is 546 g/mol. The van der Waals surface area contributed by atoms with Crippen LogP contribution in [0.2, 0.25) is 0 Å². The molecule has 0 bridgehead atoms. The summed E-state index contributed by atoms with van der Waals surface area (Å²) in [6.45, 7) is 12.3. The number of nitrogens with two attached hydrogens (primary N) is 1. The lowest BCUT2D eigenvalue weighted by Crippen LogP contribution is -2.53. The van der Waals surface area contributed by atoms with E-state index in [-0.39, 0.29) is 23.7 Å². The number of allylic oxidation sites excluding steroid dienone is 1. The van der Waals surface area contributed by atoms with E-state index in [2.05, 4.69) is 30.8 Å². The van der Waals surface area contributed by atoms with Crippen LogP contribution in [-0.4, -0.2) is 55.0 Å². The van der Waals surface area contributed by atoms with Crippen molar-refractivity contribution < 1.29 is 18.2 Å². The number of aromatic nitrogens is 2. The Labute approximate surface area is 227 Å². The van der Waals surface area contributed by atoms with Gasteiger partial charge in [0.15, 0.2) is 0 Å². The number of carbonyl (C=O) groups excluding carboxylic acids is 2. The lowest BCUT2D eigenvalue weighted by molar-refractivity contribution is -0.123. The van der Waals surface area contributed by atoms with Gasteiger partial charge >= 0.3 is 0 Å². The fourth-order valence-corrected chi connectivity index (χ4v) is 5.57. The molecule has 1 fully saturated rings. The van der Waals surface area contributed by atoms with E-state index in [1.165, 1.54) is 24.8 Å². The van der Waals surface area contributed by atoms with Gasteiger partial charge in [0.2, 0.25) is 5.91 Å². The molecule has 3 N–H and O–H groups in total. The highest BCUT2D eigenvalue weighted by molar-refractivity contribution is 7.81. The molecule has 0 radical (unpaired) electrons. The second-order valence-electron chi connectivity index (χ2n) is 9.20. The number of amides is 2. The van der Waals surface area contributed by atoms with E-state index in [4.69, 9.17) is 5.73 Å². The Hall–Kier alpha value is -3.11. The van der Waals surface area contributed by atoms with Crippen molar-refractivity contribution in [1.82, 2.24) is 19.4 Å². The molecule has 0 spiro atoms. The van der Waals surface area contributed by atoms with Gasteiger partial charge in [0.05, 0.1) is 28.6 Å². The van der Waals surface area contributed by atoms with Crippen molar-refractivity contribution in [1.29, 1.82) is 0 Å². The van der Waals surface area contributed by atoms with Crippen molar-refractivity contribution in [3.8, 4) is 5.69 Å². The van der Waals surface area contributed by atoms with Crippen LogP contribution in [0.4, 0.5) is 4.39 Å². The molecule has 208 valence electrons. The number of halogens is 1. The van der Waals surface area contributed by atoms with Gasteiger partial charge in [-0.15, -0.1) is 0 Å². The first-order valence-corrected chi connectivity index (χ1v) is 14.5. The van der Waals surface area contributed by atoms with Crippen LogP contribution in [-0.2, 0) is 20.6 Å². The van der Waals surface area contributed by atoms with E-state index in [0.29, 0.717) is 48.3 Å². The summed E-state index contributed by atoms with van der Waals surface area (Å²) in [5.74, 6) is -1.11. The molecule has 1 saturated heterocycles. The topological polar surface area (TPSA) is 110 Å². The summed E-state index contributed by atoms with van der Waals surface area (Å²) in [6, 6.07) is 5.08. The molecular weight excluding hydrogens is 505 g/mol. The zero-order valence-corrected chi connectivity index (χ0v) is 23.8. The van der Waals surface area contributed by atoms with Gasteiger partial charge in [-0.2, -0.15) is 5.10 Å². The van der Waals surface area contributed by atoms with E-state index < -0.39 is 22.9 Å². The molecule has 1 aliphatic rings. The van der Waals surface area contributed by atoms with E-state index in [1.807, 2.05) is 6.92 Å². The summed E-state index contributed by atoms with van der Waals surface area (Å²) >= 11 is 0. The number of rotatable bonds is 9. The predicted molar refractivity (Wildman–Crippen MR) is 152 cm³/mol. The summed E-state index contributed by atoms with van der Waals surface area (Å²) in [4.78, 5) is 25.4. The lowest BCUT2D eigenvalue weighted by Gasteiger charge is -2.39. The third-order valence-corrected chi connectivity index (χ3v) is 7.57. The van der Waals surface area contributed by atoms with Crippen molar-refractivity contribution in [2.75, 3.05) is 12.8 Å². The first-order valence-electron chi connectivity index (χ1n) is 13.0. The Morgan fingerprint density at radius 2 is 1.92 bits per heavy atom. The van der Waals surface area contributed by atoms with Crippen molar-refractivity contribution in [2.24, 2.45) is 11.7 Å². The van der Waals surface area contributed by atoms with E-state index in [0.717, 1.165) is 0 Å². The van der Waals surface area contributed by atoms with Crippen molar-refractivity contribution in [3.05, 3.63) is 60.2 Å². The molecule has 4 atom stereocenters. The second kappa shape index (κ2) is 14.7. The van der Waals surface area contributed by atoms with Crippen LogP contribution >= 0.6 is 0 Å². The molecule has 1 aromatic carbocycles. The van der Waals surface area contributed by atoms with Gasteiger partial charge in [-0.1, -0.05) is 39.8 Å². The van der Waals surface area contributed by atoms with Gasteiger partial charge in [0.25, 0.3) is 5.91 Å². The molecule has 1 aromatic heterocycles. The fourth-order valence-electron chi connectivity index (χ4n) is 4.66. The number of benzene rings is 1. The van der Waals surface area contributed by atoms with Crippen molar-refractivity contribution in [2.45, 2.75) is 65.5 Å². The maximum Gasteiger partial charge on any atom is 0.251 e. The number of nitrogens with one attached hydrogen (secondary N) is 1. The van der Waals surface area contributed by atoms with Gasteiger partial charge in [0, 0.05) is 30.0 Å². The molecule has 0 saturated carbocycles. The number of hydrogen-bond acceptors (Lipinski definition) is 4. The SMILES string of the molecule is C=Cc1c(/C(=C\C)C(=O)NC(CC)C2CCN(S(C)=O)C(C(N)=O)C2)cnn1-c1ccc(F)cc1.CCC. The Balaban J connectivity index is 0.00000161. The molecule has 10 heteroatoms. The summed E-state index contributed by atoms with van der Waals surface area (Å²) < 4.78 is 28.6. The maximum atomic E-state index is 13.4. The van der Waals surface area contributed by atoms with Crippen LogP contribution in [0.1, 0.15) is 64.6 Å². The fraction of sp³-hybridized carbons (Fsp3) is 0.464. The zero-order valence-electron chi connectivity index (χ0n) is 22.9. The van der Waals surface area contributed by atoms with Gasteiger partial charge in [-0.25, -0.2) is 17.6 Å². The standard InChI is InChI=1S/C25H32FN5O3S.C3H8/c1-5-19(20-15-28-31(22(20)7-3)18-10-8-17(26)9-11-18)25(33)29-21(6-2)16-12-13-30(35(4)34)23(14-16)24(27)32;1-3-2/h5,7-11,15-16,21,23H,3,6,12-14H2,1-2,4H3,(H2,27,32)(H,29,33);3H2,1-2H3/b19-5+;. The third kappa shape index (κ3) is 7.48. The van der Waals surface area contributed by atoms with E-state index in [1.54, 1.807) is 46.4 Å². The molecule has 4 unspecified atom stereocenters. The highest BCUT2D eigenvalue weighted by atomic mass is 32.2. The van der Waals surface area contributed by atoms with Crippen LogP contribution in [0, 0.1) is 11.7 Å². The molecule has 8 nitrogen and oxygen atoms in total. The minimum Gasteiger partial charge on any atom is -0.368 e. The molecular formula is C28H40FN5O3S. The summed E-state index contributed by atoms with van der Waals surface area (Å²) in [5.41, 5.74) is 7.88. The Morgan fingerprint density at radius 3 is 2.42 bits per heavy atom. The number of nitrogens with zero attached hydrogens (tertiary/aromatic N) is 3. The van der Waals surface area contributed by atoms with Gasteiger partial charge in [-0.3, -0.25) is 9.59 Å². The van der Waals surface area contributed by atoms with Crippen molar-refractivity contribution >= 4 is 34.4 Å². The lowest BCUT2D eigenvalue weighted by atomic mass is 9.84. The van der Waals surface area contributed by atoms with Gasteiger partial charge in [-0.05, 0) is 62.4 Å². The normalized spacial score (nSPS) is 19.6. The number of primary amides is 1. The van der Waals surface area contributed by atoms with Crippen molar-refractivity contribution in [3.63, 3.8) is 0 Å². The van der Waals surface area contributed by atoms with Crippen LogP contribution < -0.4 is 11.1 Å². The number of hydrogen-bond donors (Lipinski definition) is 2. The quantitative estimate of drug-likeness (QED) is 0.460. The third-order valence-electron chi connectivity index (χ3n) is 6.47. The van der Waals surface area contributed by atoms with Crippen LogP contribution in [0.15, 0.2) is 43.1 Å². The smallest absolute Gasteiger partial charge is 0.251 e. The number of carbonyl (C=O) groups is 2. The minimum absolute atomic E-state index is 0.0140. The molecule has 3 rings (SSSR count). The predicted octanol–water partition coefficient (Wildman–Crippen LogP) is 4.23. The average Bonchev–Trinajstić information content (AvgIpc) is 3.31. The van der Waals surface area contributed by atoms with Gasteiger partial charge in [0.1, 0.15) is 11.9 Å². The summed E-state index contributed by atoms with van der Waals surface area (Å²) in [6.07, 6.45) is 9.49. The highest BCUT2D eigenvalue weighted by Crippen LogP contribution is 2.29. The molecule has 1 aliphatic heterocycles. The second-order valence-corrected chi connectivity index (χ2v) is 10.5. The Morgan fingerprint density at radius 1 is 1.29 bits per heavy atom. The van der Waals surface area contributed by atoms with E-state index in [9.17, 15) is 18.2 Å². The maximum absolute atomic E-state index is 13.4. The Kier molecular flexibility index (Phi) is 12.1. The summed E-state index contributed by atoms with van der Waals surface area (Å²) in [5, 5.41) is 7.52. The van der Waals surface area contributed by atoms with Crippen LogP contribution in [0.3, 0.4) is 0 Å². The largest absolute Gasteiger partial charge is 0.368 e. The van der Waals surface area contributed by atoms with Crippen LogP contribution in [0.5, 0.6) is 0 Å². The highest BCUT2D eigenvalue weighted by Gasteiger charge is 2.37. The monoisotopic (exact) mass is 545 g/mol. The van der Waals surface area contributed by atoms with Gasteiger partial charge < -0.3 is 11.1 Å².